The molecule has 2 aromatic heterocycles. The number of nitrogens with one attached hydrogen (secondary N) is 3. The predicted octanol–water partition coefficient (Wildman–Crippen LogP) is 1.51. The highest BCUT2D eigenvalue weighted by atomic mass is 16.2. The molecule has 0 spiro atoms. The highest BCUT2D eigenvalue weighted by molar-refractivity contribution is 5.95. The Balaban J connectivity index is 1.40. The van der Waals surface area contributed by atoms with Gasteiger partial charge in [0.25, 0.3) is 0 Å². The van der Waals surface area contributed by atoms with Crippen LogP contribution in [0.3, 0.4) is 0 Å². The van der Waals surface area contributed by atoms with E-state index in [9.17, 15) is 9.59 Å². The number of rotatable bonds is 5. The smallest absolute Gasteiger partial charge is 0.321 e. The molecule has 4 rings (SSSR count). The summed E-state index contributed by atoms with van der Waals surface area (Å²) in [6.07, 6.45) is 4.62. The lowest BCUT2D eigenvalue weighted by Gasteiger charge is -2.16. The van der Waals surface area contributed by atoms with Crippen molar-refractivity contribution in [2.75, 3.05) is 23.3 Å². The number of hydrogen-bond donors (Lipinski definition) is 3. The highest BCUT2D eigenvalue weighted by Crippen LogP contribution is 2.21. The molecule has 0 radical (unpaired) electrons. The van der Waals surface area contributed by atoms with Gasteiger partial charge in [0.15, 0.2) is 5.82 Å². The Morgan fingerprint density at radius 3 is 2.96 bits per heavy atom. The average Bonchev–Trinajstić information content (AvgIpc) is 3.39. The van der Waals surface area contributed by atoms with Gasteiger partial charge in [0.05, 0.1) is 0 Å². The van der Waals surface area contributed by atoms with Crippen LogP contribution >= 0.6 is 0 Å². The molecule has 0 atom stereocenters. The van der Waals surface area contributed by atoms with E-state index in [2.05, 4.69) is 31.0 Å². The van der Waals surface area contributed by atoms with Crippen LogP contribution in [0.25, 0.3) is 5.82 Å². The molecule has 0 aliphatic carbocycles. The lowest BCUT2D eigenvalue weighted by Crippen LogP contribution is -2.29. The maximum absolute atomic E-state index is 12.3. The first-order valence-corrected chi connectivity index (χ1v) is 8.70. The van der Waals surface area contributed by atoms with Crippen molar-refractivity contribution in [1.29, 1.82) is 0 Å². The normalized spacial score (nSPS) is 13.3. The second-order valence-electron chi connectivity index (χ2n) is 6.07. The lowest BCUT2D eigenvalue weighted by atomic mass is 10.2. The minimum atomic E-state index is -0.364. The van der Waals surface area contributed by atoms with Crippen molar-refractivity contribution in [3.8, 4) is 5.82 Å². The number of pyridine rings is 1. The molecule has 1 aliphatic heterocycles. The molecule has 28 heavy (non-hydrogen) atoms. The quantitative estimate of drug-likeness (QED) is 0.622. The van der Waals surface area contributed by atoms with Crippen LogP contribution in [0.15, 0.2) is 55.2 Å². The summed E-state index contributed by atoms with van der Waals surface area (Å²) in [5.74, 6) is 0.599. The van der Waals surface area contributed by atoms with Gasteiger partial charge >= 0.3 is 12.1 Å². The average molecular weight is 378 g/mol. The number of aromatic nitrogens is 4. The third-order valence-corrected chi connectivity index (χ3v) is 4.22. The maximum atomic E-state index is 12.3. The monoisotopic (exact) mass is 378 g/mol. The molecule has 1 aromatic carbocycles. The number of carbonyl (C=O) groups is 2. The summed E-state index contributed by atoms with van der Waals surface area (Å²) in [6.45, 7) is 1.47. The van der Waals surface area contributed by atoms with Gasteiger partial charge in [-0.25, -0.2) is 24.2 Å². The number of anilines is 2. The number of urea groups is 2. The third-order valence-electron chi connectivity index (χ3n) is 4.22. The predicted molar refractivity (Wildman–Crippen MR) is 102 cm³/mol. The van der Waals surface area contributed by atoms with Crippen LogP contribution in [0.4, 0.5) is 21.0 Å². The molecule has 0 bridgehead atoms. The van der Waals surface area contributed by atoms with Crippen molar-refractivity contribution in [2.45, 2.75) is 6.54 Å². The van der Waals surface area contributed by atoms with Crippen LogP contribution in [0.1, 0.15) is 5.56 Å². The van der Waals surface area contributed by atoms with E-state index in [1.807, 2.05) is 12.1 Å². The summed E-state index contributed by atoms with van der Waals surface area (Å²) in [7, 11) is 0. The molecule has 10 nitrogen and oxygen atoms in total. The van der Waals surface area contributed by atoms with Gasteiger partial charge in [0, 0.05) is 42.8 Å². The second-order valence-corrected chi connectivity index (χ2v) is 6.07. The number of nitrogens with zero attached hydrogens (tertiary/aromatic N) is 5. The van der Waals surface area contributed by atoms with Crippen molar-refractivity contribution in [3.63, 3.8) is 0 Å². The zero-order valence-electron chi connectivity index (χ0n) is 14.9. The van der Waals surface area contributed by atoms with Crippen molar-refractivity contribution in [3.05, 3.63) is 60.8 Å². The van der Waals surface area contributed by atoms with Gasteiger partial charge in [-0.3, -0.25) is 4.90 Å². The Kier molecular flexibility index (Phi) is 4.83. The molecule has 1 aliphatic rings. The van der Waals surface area contributed by atoms with Crippen LogP contribution in [0, 0.1) is 0 Å². The van der Waals surface area contributed by atoms with Gasteiger partial charge in [-0.2, -0.15) is 5.10 Å². The Labute approximate surface area is 160 Å². The fraction of sp³-hybridized carbons (Fsp3) is 0.167. The van der Waals surface area contributed by atoms with Gasteiger partial charge in [-0.15, -0.1) is 0 Å². The van der Waals surface area contributed by atoms with E-state index in [0.717, 1.165) is 11.3 Å². The fourth-order valence-corrected chi connectivity index (χ4v) is 2.91. The van der Waals surface area contributed by atoms with E-state index in [4.69, 9.17) is 0 Å². The van der Waals surface area contributed by atoms with Crippen molar-refractivity contribution in [1.82, 2.24) is 30.4 Å². The van der Waals surface area contributed by atoms with Crippen LogP contribution < -0.4 is 20.9 Å². The molecule has 0 unspecified atom stereocenters. The molecular formula is C18H18N8O2. The van der Waals surface area contributed by atoms with Gasteiger partial charge in [-0.05, 0) is 24.3 Å². The zero-order valence-corrected chi connectivity index (χ0v) is 14.9. The first-order valence-electron chi connectivity index (χ1n) is 8.70. The van der Waals surface area contributed by atoms with Crippen LogP contribution in [-0.4, -0.2) is 44.9 Å². The highest BCUT2D eigenvalue weighted by Gasteiger charge is 2.21. The Morgan fingerprint density at radius 1 is 1.25 bits per heavy atom. The topological polar surface area (TPSA) is 117 Å². The largest absolute Gasteiger partial charge is 0.336 e. The first kappa shape index (κ1) is 17.5. The van der Waals surface area contributed by atoms with E-state index < -0.39 is 0 Å². The minimum absolute atomic E-state index is 0.140. The van der Waals surface area contributed by atoms with Gasteiger partial charge in [0.2, 0.25) is 0 Å². The van der Waals surface area contributed by atoms with Gasteiger partial charge in [0.1, 0.15) is 12.7 Å². The molecule has 3 N–H and O–H groups in total. The molecule has 1 saturated heterocycles. The van der Waals surface area contributed by atoms with Crippen molar-refractivity contribution < 1.29 is 9.59 Å². The molecule has 0 saturated carbocycles. The molecule has 3 aromatic rings. The minimum Gasteiger partial charge on any atom is -0.336 e. The zero-order chi connectivity index (χ0) is 19.3. The molecule has 1 fully saturated rings. The summed E-state index contributed by atoms with van der Waals surface area (Å²) in [4.78, 5) is 33.9. The Morgan fingerprint density at radius 2 is 2.18 bits per heavy atom. The SMILES string of the molecule is O=C(NCc1cccnc1-n1cncn1)Nc1cccc(N2CCNC2=O)c1. The summed E-state index contributed by atoms with van der Waals surface area (Å²) >= 11 is 0. The van der Waals surface area contributed by atoms with Crippen molar-refractivity contribution in [2.24, 2.45) is 0 Å². The molecular weight excluding hydrogens is 360 g/mol. The van der Waals surface area contributed by atoms with E-state index in [1.54, 1.807) is 46.4 Å². The maximum Gasteiger partial charge on any atom is 0.321 e. The summed E-state index contributed by atoms with van der Waals surface area (Å²) in [6, 6.07) is 10.3. The van der Waals surface area contributed by atoms with E-state index in [-0.39, 0.29) is 18.6 Å². The molecule has 142 valence electrons. The second kappa shape index (κ2) is 7.74. The fourth-order valence-electron chi connectivity index (χ4n) is 2.91. The number of hydrogen-bond acceptors (Lipinski definition) is 5. The summed E-state index contributed by atoms with van der Waals surface area (Å²) in [5.41, 5.74) is 2.12. The number of carbonyl (C=O) groups excluding carboxylic acids is 2. The van der Waals surface area contributed by atoms with Gasteiger partial charge in [-0.1, -0.05) is 12.1 Å². The standard InChI is InChI=1S/C18H18N8O2/c27-17(22-10-13-3-2-6-20-16(13)26-12-19-11-23-26)24-14-4-1-5-15(9-14)25-8-7-21-18(25)28/h1-6,9,11-12H,7-8,10H2,(H,21,28)(H2,22,24,27). The third kappa shape index (κ3) is 3.75. The Hall–Kier alpha value is -3.95. The van der Waals surface area contributed by atoms with Crippen LogP contribution in [-0.2, 0) is 6.54 Å². The Bertz CT molecular complexity index is 989. The summed E-state index contributed by atoms with van der Waals surface area (Å²) < 4.78 is 1.54. The van der Waals surface area contributed by atoms with Crippen molar-refractivity contribution >= 4 is 23.4 Å². The van der Waals surface area contributed by atoms with Gasteiger partial charge < -0.3 is 16.0 Å². The summed E-state index contributed by atoms with van der Waals surface area (Å²) in [5, 5.41) is 12.4. The number of benzene rings is 1. The van der Waals surface area contributed by atoms with E-state index in [0.29, 0.717) is 24.6 Å². The first-order chi connectivity index (χ1) is 13.7. The van der Waals surface area contributed by atoms with E-state index in [1.165, 1.54) is 6.33 Å². The lowest BCUT2D eigenvalue weighted by molar-refractivity contribution is 0.251. The van der Waals surface area contributed by atoms with Crippen LogP contribution in [0.2, 0.25) is 0 Å². The molecule has 4 amide bonds. The van der Waals surface area contributed by atoms with E-state index >= 15 is 0 Å². The van der Waals surface area contributed by atoms with Crippen LogP contribution in [0.5, 0.6) is 0 Å². The molecule has 3 heterocycles. The number of amides is 4. The molecule has 10 heteroatoms.